The molecule has 0 atom stereocenters. The topological polar surface area (TPSA) is 17.1 Å². The Morgan fingerprint density at radius 2 is 2.00 bits per heavy atom. The molecule has 3 heteroatoms. The Balaban J connectivity index is -0.00000000667. The maximum absolute atomic E-state index is 8.87. The average molecular weight is 100 g/mol. The molecule has 0 spiro atoms. The largest absolute Gasteiger partial charge is 2.00 e. The first-order valence-electron chi connectivity index (χ1n) is 0.813. The summed E-state index contributed by atoms with van der Waals surface area (Å²) in [5.41, 5.74) is 0. The van der Waals surface area contributed by atoms with E-state index in [-0.39, 0.29) is 40.6 Å². The standard InChI is InChI=1S/CHO.Al.Ca.4H/c1-2;;;;;;/h1H;;;;;;/q;;+2;;;2*-1. The van der Waals surface area contributed by atoms with E-state index in [2.05, 4.69) is 0 Å². The van der Waals surface area contributed by atoms with E-state index in [0.717, 1.165) is 5.15 Å². The van der Waals surface area contributed by atoms with Crippen molar-refractivity contribution in [2.75, 3.05) is 0 Å². The zero-order valence-electron chi connectivity index (χ0n) is 4.69. The quantitative estimate of drug-likeness (QED) is 0.272. The normalized spacial score (nSPS) is 3.00. The third-order valence-corrected chi connectivity index (χ3v) is 0. The van der Waals surface area contributed by atoms with E-state index in [1.165, 1.54) is 0 Å². The van der Waals surface area contributed by atoms with Crippen LogP contribution in [0.25, 0.3) is 0 Å². The van der Waals surface area contributed by atoms with Crippen LogP contribution in [0, 0.1) is 0 Å². The number of hydrogen-bond acceptors (Lipinski definition) is 1. The van der Waals surface area contributed by atoms with Gasteiger partial charge in [0, 0.05) is 5.15 Å². The smallest absolute Gasteiger partial charge is 1.00 e. The molecule has 0 aromatic carbocycles. The average Bonchev–Trinajstić information content (AvgIpc) is 0.918. The van der Waals surface area contributed by atoms with Gasteiger partial charge in [-0.25, -0.2) is 0 Å². The summed E-state index contributed by atoms with van der Waals surface area (Å²) in [5.74, 6) is 0. The molecular weight excluding hydrogens is 95.1 g/mol. The molecule has 0 amide bonds. The van der Waals surface area contributed by atoms with E-state index in [1.807, 2.05) is 0 Å². The van der Waals surface area contributed by atoms with Crippen molar-refractivity contribution in [1.29, 1.82) is 0 Å². The first-order chi connectivity index (χ1) is 1.41. The third kappa shape index (κ3) is 9.82. The van der Waals surface area contributed by atoms with Crippen molar-refractivity contribution >= 4 is 59.2 Å². The van der Waals surface area contributed by atoms with Crippen molar-refractivity contribution in [1.82, 2.24) is 0 Å². The molecule has 0 unspecified atom stereocenters. The number of carbonyl (C=O) groups excluding carboxylic acids is 1. The van der Waals surface area contributed by atoms with Crippen molar-refractivity contribution in [2.45, 2.75) is 0 Å². The van der Waals surface area contributed by atoms with Gasteiger partial charge < -0.3 is 7.65 Å². The third-order valence-electron chi connectivity index (χ3n) is 0. The van der Waals surface area contributed by atoms with Crippen LogP contribution >= 0.6 is 0 Å². The van der Waals surface area contributed by atoms with Gasteiger partial charge in [0.1, 0.15) is 0 Å². The molecule has 0 saturated heterocycles. The van der Waals surface area contributed by atoms with Crippen molar-refractivity contribution in [3.05, 3.63) is 0 Å². The minimum absolute atomic E-state index is 0. The monoisotopic (exact) mass is 100.0 g/mol. The van der Waals surface area contributed by atoms with Crippen LogP contribution in [0.3, 0.4) is 0 Å². The molecule has 0 fully saturated rings. The van der Waals surface area contributed by atoms with Crippen LogP contribution in [0.5, 0.6) is 0 Å². The zero-order valence-corrected chi connectivity index (χ0v) is 6.90. The van der Waals surface area contributed by atoms with Crippen molar-refractivity contribution in [2.24, 2.45) is 0 Å². The fourth-order valence-electron chi connectivity index (χ4n) is 0. The molecule has 0 N–H and O–H groups in total. The minimum Gasteiger partial charge on any atom is -1.00 e. The molecule has 0 bridgehead atoms. The van der Waals surface area contributed by atoms with Gasteiger partial charge in [0.2, 0.25) is 0 Å². The molecule has 0 aliphatic heterocycles. The van der Waals surface area contributed by atoms with E-state index in [9.17, 15) is 0 Å². The summed E-state index contributed by atoms with van der Waals surface area (Å²) in [6, 6.07) is 0. The fourth-order valence-corrected chi connectivity index (χ4v) is 0. The molecule has 1 nitrogen and oxygen atoms in total. The summed E-state index contributed by atoms with van der Waals surface area (Å²) in [4.78, 5) is 8.87. The second kappa shape index (κ2) is 8.82. The van der Waals surface area contributed by atoms with Crippen LogP contribution in [0.4, 0.5) is 0 Å². The van der Waals surface area contributed by atoms with Gasteiger partial charge in [0.05, 0.1) is 0 Å². The molecule has 0 heterocycles. The predicted molar refractivity (Wildman–Crippen MR) is 23.3 cm³/mol. The van der Waals surface area contributed by atoms with Gasteiger partial charge in [0.25, 0.3) is 0 Å². The Morgan fingerprint density at radius 1 is 2.00 bits per heavy atom. The molecule has 0 aromatic rings. The van der Waals surface area contributed by atoms with E-state index < -0.39 is 0 Å². The maximum atomic E-state index is 8.87. The van der Waals surface area contributed by atoms with Crippen LogP contribution in [0.1, 0.15) is 2.85 Å². The van der Waals surface area contributed by atoms with E-state index >= 15 is 0 Å². The van der Waals surface area contributed by atoms with Gasteiger partial charge in [-0.1, -0.05) is 0 Å². The molecule has 0 aliphatic rings. The van der Waals surface area contributed by atoms with Crippen molar-refractivity contribution in [3.8, 4) is 0 Å². The van der Waals surface area contributed by atoms with Crippen molar-refractivity contribution in [3.63, 3.8) is 0 Å². The molecule has 0 aromatic heterocycles. The molecule has 20 valence electrons. The molecule has 4 heavy (non-hydrogen) atoms. The first kappa shape index (κ1) is 9.07. The van der Waals surface area contributed by atoms with E-state index in [1.54, 1.807) is 0 Å². The Labute approximate surface area is 66.1 Å². The Morgan fingerprint density at radius 3 is 2.00 bits per heavy atom. The first-order valence-corrected chi connectivity index (χ1v) is 1.97. The van der Waals surface area contributed by atoms with E-state index in [4.69, 9.17) is 4.79 Å². The second-order valence-corrected chi connectivity index (χ2v) is 0.707. The predicted octanol–water partition coefficient (Wildman–Crippen LogP) is -1.35. The molecule has 0 rings (SSSR count). The van der Waals surface area contributed by atoms with Gasteiger partial charge in [0.15, 0.2) is 0 Å². The minimum atomic E-state index is 0. The Kier molecular flexibility index (Phi) is 20.0. The van der Waals surface area contributed by atoms with Crippen LogP contribution in [0.2, 0.25) is 0 Å². The van der Waals surface area contributed by atoms with Crippen molar-refractivity contribution < 1.29 is 7.65 Å². The summed E-state index contributed by atoms with van der Waals surface area (Å²) in [5, 5.41) is 0.889. The fraction of sp³-hybridized carbons (Fsp3) is 0. The Bertz CT molecular complexity index is 21.0. The van der Waals surface area contributed by atoms with Gasteiger partial charge in [-0.2, -0.15) is 0 Å². The van der Waals surface area contributed by atoms with Crippen LogP contribution < -0.4 is 0 Å². The number of rotatable bonds is 0. The van der Waals surface area contributed by atoms with Gasteiger partial charge in [-0.05, 0) is 0 Å². The summed E-state index contributed by atoms with van der Waals surface area (Å²) < 4.78 is 0. The summed E-state index contributed by atoms with van der Waals surface area (Å²) in [6.07, 6.45) is 0. The summed E-state index contributed by atoms with van der Waals surface area (Å²) in [6.45, 7) is 0. The Hall–Kier alpha value is 1.46. The molecule has 0 saturated carbocycles. The zero-order chi connectivity index (χ0) is 2.71. The molecular formula is CH5AlCaO. The van der Waals surface area contributed by atoms with Gasteiger partial charge in [-0.15, -0.1) is 0 Å². The number of carbonyl (C=O) groups is 1. The molecule has 0 aliphatic carbocycles. The summed E-state index contributed by atoms with van der Waals surface area (Å²) in [7, 11) is 0. The molecule has 0 radical (unpaired) electrons. The maximum Gasteiger partial charge on any atom is 2.00 e. The number of hydrogen-bond donors (Lipinski definition) is 0. The SMILES string of the molecule is O=[CH][AlH2].[Ca+2].[H-].[H-]. The second-order valence-electron chi connectivity index (χ2n) is 0.236. The summed E-state index contributed by atoms with van der Waals surface area (Å²) >= 11 is 0.688. The van der Waals surface area contributed by atoms with Crippen LogP contribution in [-0.4, -0.2) is 59.2 Å². The van der Waals surface area contributed by atoms with Crippen LogP contribution in [-0.2, 0) is 4.79 Å². The van der Waals surface area contributed by atoms with E-state index in [0.29, 0.717) is 16.3 Å². The van der Waals surface area contributed by atoms with Crippen LogP contribution in [0.15, 0.2) is 0 Å². The van der Waals surface area contributed by atoms with Gasteiger partial charge in [-0.3, -0.25) is 0 Å². The van der Waals surface area contributed by atoms with Gasteiger partial charge >= 0.3 is 54.0 Å².